The van der Waals surface area contributed by atoms with Crippen molar-refractivity contribution < 1.29 is 9.13 Å². The molecule has 0 N–H and O–H groups in total. The molecule has 3 atom stereocenters. The lowest BCUT2D eigenvalue weighted by Crippen LogP contribution is -2.38. The third kappa shape index (κ3) is 1.18. The minimum atomic E-state index is -0.560. The molecular weight excluding hydrogens is 143 g/mol. The van der Waals surface area contributed by atoms with Gasteiger partial charge in [0.1, 0.15) is 6.17 Å². The summed E-state index contributed by atoms with van der Waals surface area (Å²) in [4.78, 5) is 0. The molecule has 0 amide bonds. The number of halogens is 1. The summed E-state index contributed by atoms with van der Waals surface area (Å²) in [5.41, 5.74) is 0.0303. The topological polar surface area (TPSA) is 9.23 Å². The Morgan fingerprint density at radius 2 is 2.27 bits per heavy atom. The number of rotatable bonds is 0. The molecule has 2 heteroatoms. The van der Waals surface area contributed by atoms with E-state index in [4.69, 9.17) is 4.74 Å². The summed E-state index contributed by atoms with van der Waals surface area (Å²) in [7, 11) is 0. The standard InChI is InChI=1S/C9H15FO/c1-9-4-2-8(10)6-7(9)3-5-11-9/h7-8H,2-6H2,1H3. The van der Waals surface area contributed by atoms with Gasteiger partial charge in [0.25, 0.3) is 0 Å². The highest BCUT2D eigenvalue weighted by molar-refractivity contribution is 4.94. The van der Waals surface area contributed by atoms with E-state index in [1.54, 1.807) is 0 Å². The van der Waals surface area contributed by atoms with Crippen LogP contribution in [0, 0.1) is 5.92 Å². The monoisotopic (exact) mass is 158 g/mol. The summed E-state index contributed by atoms with van der Waals surface area (Å²) < 4.78 is 18.6. The molecule has 2 rings (SSSR count). The molecule has 3 unspecified atom stereocenters. The van der Waals surface area contributed by atoms with Gasteiger partial charge in [-0.3, -0.25) is 0 Å². The molecule has 2 aliphatic rings. The van der Waals surface area contributed by atoms with Gasteiger partial charge in [0.15, 0.2) is 0 Å². The average Bonchev–Trinajstić information content (AvgIpc) is 2.31. The zero-order valence-corrected chi connectivity index (χ0v) is 6.98. The van der Waals surface area contributed by atoms with Crippen molar-refractivity contribution in [1.82, 2.24) is 0 Å². The van der Waals surface area contributed by atoms with Gasteiger partial charge in [-0.2, -0.15) is 0 Å². The maximum absolute atomic E-state index is 12.9. The van der Waals surface area contributed by atoms with Crippen LogP contribution < -0.4 is 0 Å². The second kappa shape index (κ2) is 2.44. The van der Waals surface area contributed by atoms with Gasteiger partial charge in [-0.15, -0.1) is 0 Å². The summed E-state index contributed by atoms with van der Waals surface area (Å²) in [5.74, 6) is 0.492. The van der Waals surface area contributed by atoms with E-state index in [-0.39, 0.29) is 5.60 Å². The van der Waals surface area contributed by atoms with Crippen LogP contribution in [0.2, 0.25) is 0 Å². The molecular formula is C9H15FO. The third-order valence-electron chi connectivity index (χ3n) is 3.26. The van der Waals surface area contributed by atoms with Gasteiger partial charge >= 0.3 is 0 Å². The molecule has 0 aromatic heterocycles. The maximum atomic E-state index is 12.9. The second-order valence-corrected chi connectivity index (χ2v) is 4.02. The third-order valence-corrected chi connectivity index (χ3v) is 3.26. The van der Waals surface area contributed by atoms with E-state index < -0.39 is 6.17 Å². The summed E-state index contributed by atoms with van der Waals surface area (Å²) in [6.45, 7) is 2.98. The lowest BCUT2D eigenvalue weighted by atomic mass is 9.76. The molecule has 0 spiro atoms. The van der Waals surface area contributed by atoms with Crippen LogP contribution >= 0.6 is 0 Å². The van der Waals surface area contributed by atoms with Crippen LogP contribution in [0.5, 0.6) is 0 Å². The molecule has 0 bridgehead atoms. The van der Waals surface area contributed by atoms with Gasteiger partial charge in [0.2, 0.25) is 0 Å². The highest BCUT2D eigenvalue weighted by Gasteiger charge is 2.44. The Bertz CT molecular complexity index is 160. The lowest BCUT2D eigenvalue weighted by molar-refractivity contribution is -0.0438. The minimum Gasteiger partial charge on any atom is -0.375 e. The van der Waals surface area contributed by atoms with Crippen molar-refractivity contribution in [3.8, 4) is 0 Å². The zero-order chi connectivity index (χ0) is 7.90. The van der Waals surface area contributed by atoms with Crippen molar-refractivity contribution in [1.29, 1.82) is 0 Å². The fraction of sp³-hybridized carbons (Fsp3) is 1.00. The normalized spacial score (nSPS) is 50.7. The Balaban J connectivity index is 2.08. The second-order valence-electron chi connectivity index (χ2n) is 4.02. The maximum Gasteiger partial charge on any atom is 0.101 e. The first kappa shape index (κ1) is 7.53. The quantitative estimate of drug-likeness (QED) is 0.525. The first-order valence-electron chi connectivity index (χ1n) is 4.49. The van der Waals surface area contributed by atoms with Crippen LogP contribution in [0.1, 0.15) is 32.6 Å². The highest BCUT2D eigenvalue weighted by Crippen LogP contribution is 2.43. The fourth-order valence-electron chi connectivity index (χ4n) is 2.37. The molecule has 2 fully saturated rings. The number of ether oxygens (including phenoxy) is 1. The number of fused-ring (bicyclic) bond motifs is 1. The number of hydrogen-bond donors (Lipinski definition) is 0. The Morgan fingerprint density at radius 1 is 1.45 bits per heavy atom. The summed E-state index contributed by atoms with van der Waals surface area (Å²) in [6.07, 6.45) is 2.86. The van der Waals surface area contributed by atoms with Crippen molar-refractivity contribution in [2.45, 2.75) is 44.4 Å². The Labute approximate surface area is 66.9 Å². The molecule has 1 nitrogen and oxygen atoms in total. The Kier molecular flexibility index (Phi) is 1.67. The zero-order valence-electron chi connectivity index (χ0n) is 6.98. The molecule has 1 saturated heterocycles. The van der Waals surface area contributed by atoms with Crippen molar-refractivity contribution in [3.63, 3.8) is 0 Å². The Morgan fingerprint density at radius 3 is 3.09 bits per heavy atom. The largest absolute Gasteiger partial charge is 0.375 e. The molecule has 11 heavy (non-hydrogen) atoms. The molecule has 1 aliphatic heterocycles. The van der Waals surface area contributed by atoms with E-state index in [1.165, 1.54) is 0 Å². The van der Waals surface area contributed by atoms with E-state index in [1.807, 2.05) is 0 Å². The van der Waals surface area contributed by atoms with Gasteiger partial charge in [0, 0.05) is 6.61 Å². The van der Waals surface area contributed by atoms with E-state index in [0.717, 1.165) is 25.9 Å². The van der Waals surface area contributed by atoms with Gasteiger partial charge in [0.05, 0.1) is 5.60 Å². The van der Waals surface area contributed by atoms with E-state index in [2.05, 4.69) is 6.92 Å². The summed E-state index contributed by atoms with van der Waals surface area (Å²) >= 11 is 0. The average molecular weight is 158 g/mol. The predicted molar refractivity (Wildman–Crippen MR) is 41.2 cm³/mol. The Hall–Kier alpha value is -0.110. The first-order chi connectivity index (χ1) is 5.21. The van der Waals surface area contributed by atoms with Gasteiger partial charge in [-0.1, -0.05) is 0 Å². The van der Waals surface area contributed by atoms with Gasteiger partial charge < -0.3 is 4.74 Å². The molecule has 0 aromatic rings. The van der Waals surface area contributed by atoms with E-state index >= 15 is 0 Å². The molecule has 1 saturated carbocycles. The molecule has 0 aromatic carbocycles. The molecule has 1 heterocycles. The van der Waals surface area contributed by atoms with E-state index in [0.29, 0.717) is 12.3 Å². The molecule has 1 aliphatic carbocycles. The van der Waals surface area contributed by atoms with Crippen molar-refractivity contribution in [2.24, 2.45) is 5.92 Å². The summed E-state index contributed by atoms with van der Waals surface area (Å²) in [5, 5.41) is 0. The van der Waals surface area contributed by atoms with Gasteiger partial charge in [-0.25, -0.2) is 4.39 Å². The highest BCUT2D eigenvalue weighted by atomic mass is 19.1. The smallest absolute Gasteiger partial charge is 0.101 e. The van der Waals surface area contributed by atoms with E-state index in [9.17, 15) is 4.39 Å². The number of hydrogen-bond acceptors (Lipinski definition) is 1. The van der Waals surface area contributed by atoms with Crippen molar-refractivity contribution in [3.05, 3.63) is 0 Å². The van der Waals surface area contributed by atoms with Crippen LogP contribution in [-0.2, 0) is 4.74 Å². The lowest BCUT2D eigenvalue weighted by Gasteiger charge is -2.36. The fourth-order valence-corrected chi connectivity index (χ4v) is 2.37. The van der Waals surface area contributed by atoms with Crippen LogP contribution in [0.15, 0.2) is 0 Å². The predicted octanol–water partition coefficient (Wildman–Crippen LogP) is 2.30. The first-order valence-corrected chi connectivity index (χ1v) is 4.49. The van der Waals surface area contributed by atoms with Crippen LogP contribution in [0.3, 0.4) is 0 Å². The SMILES string of the molecule is CC12CCC(F)CC1CCO2. The van der Waals surface area contributed by atoms with Crippen LogP contribution in [0.4, 0.5) is 4.39 Å². The van der Waals surface area contributed by atoms with Crippen LogP contribution in [0.25, 0.3) is 0 Å². The van der Waals surface area contributed by atoms with Crippen LogP contribution in [-0.4, -0.2) is 18.4 Å². The van der Waals surface area contributed by atoms with Crippen molar-refractivity contribution in [2.75, 3.05) is 6.61 Å². The molecule has 0 radical (unpaired) electrons. The number of alkyl halides is 1. The van der Waals surface area contributed by atoms with Gasteiger partial charge in [-0.05, 0) is 38.5 Å². The van der Waals surface area contributed by atoms with Crippen molar-refractivity contribution >= 4 is 0 Å². The minimum absolute atomic E-state index is 0.0303. The summed E-state index contributed by atoms with van der Waals surface area (Å²) in [6, 6.07) is 0. The molecule has 64 valence electrons.